The number of amides is 1. The van der Waals surface area contributed by atoms with E-state index in [0.29, 0.717) is 36.3 Å². The summed E-state index contributed by atoms with van der Waals surface area (Å²) in [7, 11) is 5.62. The number of hydrogen-bond acceptors (Lipinski definition) is 5. The third-order valence-electron chi connectivity index (χ3n) is 4.82. The van der Waals surface area contributed by atoms with Gasteiger partial charge in [0.05, 0.1) is 37.8 Å². The molecule has 2 aromatic carbocycles. The number of nitrogens with zero attached hydrogens (tertiary/aromatic N) is 1. The van der Waals surface area contributed by atoms with Crippen LogP contribution in [0.4, 0.5) is 0 Å². The van der Waals surface area contributed by atoms with Crippen LogP contribution >= 0.6 is 11.6 Å². The summed E-state index contributed by atoms with van der Waals surface area (Å²) in [5.74, 6) is 1.87. The number of benzene rings is 2. The van der Waals surface area contributed by atoms with Gasteiger partial charge in [0.2, 0.25) is 5.91 Å². The first kappa shape index (κ1) is 21.3. The number of rotatable bonds is 7. The molecule has 0 bridgehead atoms. The third-order valence-corrected chi connectivity index (χ3v) is 5.10. The molecule has 1 heterocycles. The largest absolute Gasteiger partial charge is 0.497 e. The number of carbonyl (C=O) groups excluding carboxylic acids is 1. The molecule has 0 unspecified atom stereocenters. The molecule has 0 spiro atoms. The molecule has 1 aliphatic heterocycles. The summed E-state index contributed by atoms with van der Waals surface area (Å²) in [6, 6.07) is 11.5. The summed E-state index contributed by atoms with van der Waals surface area (Å²) in [4.78, 5) is 14.6. The van der Waals surface area contributed by atoms with Crippen LogP contribution in [0.3, 0.4) is 0 Å². The van der Waals surface area contributed by atoms with Crippen LogP contribution in [-0.4, -0.2) is 51.8 Å². The van der Waals surface area contributed by atoms with E-state index in [4.69, 9.17) is 25.8 Å². The Morgan fingerprint density at radius 1 is 1.24 bits per heavy atom. The zero-order valence-electron chi connectivity index (χ0n) is 17.0. The van der Waals surface area contributed by atoms with Crippen LogP contribution in [0, 0.1) is 0 Å². The van der Waals surface area contributed by atoms with E-state index in [1.165, 1.54) is 0 Å². The van der Waals surface area contributed by atoms with Crippen molar-refractivity contribution in [3.63, 3.8) is 0 Å². The number of hydrogen-bond donors (Lipinski definition) is 1. The van der Waals surface area contributed by atoms with E-state index in [0.717, 1.165) is 23.3 Å². The minimum Gasteiger partial charge on any atom is -0.497 e. The molecule has 6 nitrogen and oxygen atoms in total. The van der Waals surface area contributed by atoms with E-state index in [1.54, 1.807) is 13.2 Å². The van der Waals surface area contributed by atoms with Crippen molar-refractivity contribution in [3.8, 4) is 17.2 Å². The number of methoxy groups -OCH3 is 1. The Morgan fingerprint density at radius 2 is 2.03 bits per heavy atom. The van der Waals surface area contributed by atoms with E-state index in [-0.39, 0.29) is 18.4 Å². The molecule has 7 heteroatoms. The lowest BCUT2D eigenvalue weighted by molar-refractivity contribution is -0.120. The summed E-state index contributed by atoms with van der Waals surface area (Å²) in [6.45, 7) is 1.63. The molecule has 1 aliphatic rings. The van der Waals surface area contributed by atoms with Gasteiger partial charge in [-0.2, -0.15) is 0 Å². The predicted octanol–water partition coefficient (Wildman–Crippen LogP) is 3.47. The highest BCUT2D eigenvalue weighted by Gasteiger charge is 2.19. The fourth-order valence-corrected chi connectivity index (χ4v) is 3.58. The van der Waals surface area contributed by atoms with Crippen molar-refractivity contribution in [1.82, 2.24) is 10.2 Å². The SMILES string of the molecule is COc1cccc([C@H](CNC(=O)Cc2cc(Cl)c3c(c2)OCCCO3)N(C)C)c1. The quantitative estimate of drug-likeness (QED) is 0.746. The molecule has 2 aromatic rings. The van der Waals surface area contributed by atoms with Gasteiger partial charge in [-0.25, -0.2) is 0 Å². The van der Waals surface area contributed by atoms with Crippen LogP contribution in [0.25, 0.3) is 0 Å². The fourth-order valence-electron chi connectivity index (χ4n) is 3.29. The number of carbonyl (C=O) groups is 1. The fraction of sp³-hybridized carbons (Fsp3) is 0.409. The highest BCUT2D eigenvalue weighted by Crippen LogP contribution is 2.38. The van der Waals surface area contributed by atoms with E-state index >= 15 is 0 Å². The molecular weight excluding hydrogens is 392 g/mol. The third kappa shape index (κ3) is 5.55. The Morgan fingerprint density at radius 3 is 2.79 bits per heavy atom. The molecule has 0 radical (unpaired) electrons. The average molecular weight is 419 g/mol. The lowest BCUT2D eigenvalue weighted by Gasteiger charge is -2.25. The second-order valence-corrected chi connectivity index (χ2v) is 7.60. The van der Waals surface area contributed by atoms with Gasteiger partial charge < -0.3 is 24.4 Å². The van der Waals surface area contributed by atoms with Crippen molar-refractivity contribution in [2.75, 3.05) is 41.0 Å². The number of halogens is 1. The molecule has 29 heavy (non-hydrogen) atoms. The van der Waals surface area contributed by atoms with Gasteiger partial charge in [0, 0.05) is 13.0 Å². The van der Waals surface area contributed by atoms with Crippen LogP contribution in [0.15, 0.2) is 36.4 Å². The summed E-state index contributed by atoms with van der Waals surface area (Å²) >= 11 is 6.33. The maximum atomic E-state index is 12.6. The van der Waals surface area contributed by atoms with Crippen molar-refractivity contribution in [2.45, 2.75) is 18.9 Å². The highest BCUT2D eigenvalue weighted by molar-refractivity contribution is 6.32. The maximum absolute atomic E-state index is 12.6. The minimum atomic E-state index is -0.0784. The second-order valence-electron chi connectivity index (χ2n) is 7.19. The zero-order chi connectivity index (χ0) is 20.8. The van der Waals surface area contributed by atoms with Gasteiger partial charge in [0.1, 0.15) is 5.75 Å². The first-order chi connectivity index (χ1) is 14.0. The normalized spacial score (nSPS) is 14.2. The molecule has 3 rings (SSSR count). The molecule has 0 saturated heterocycles. The number of ether oxygens (including phenoxy) is 3. The molecule has 156 valence electrons. The van der Waals surface area contributed by atoms with Gasteiger partial charge in [-0.15, -0.1) is 0 Å². The van der Waals surface area contributed by atoms with Gasteiger partial charge in [0.15, 0.2) is 11.5 Å². The van der Waals surface area contributed by atoms with Crippen LogP contribution in [0.5, 0.6) is 17.2 Å². The monoisotopic (exact) mass is 418 g/mol. The van der Waals surface area contributed by atoms with Crippen molar-refractivity contribution >= 4 is 17.5 Å². The predicted molar refractivity (Wildman–Crippen MR) is 113 cm³/mol. The van der Waals surface area contributed by atoms with Gasteiger partial charge in [-0.05, 0) is 49.5 Å². The second kappa shape index (κ2) is 9.85. The van der Waals surface area contributed by atoms with Crippen LogP contribution in [0.1, 0.15) is 23.6 Å². The van der Waals surface area contributed by atoms with Gasteiger partial charge >= 0.3 is 0 Å². The van der Waals surface area contributed by atoms with Crippen LogP contribution < -0.4 is 19.5 Å². The summed E-state index contributed by atoms with van der Waals surface area (Å²) < 4.78 is 16.7. The zero-order valence-corrected chi connectivity index (χ0v) is 17.8. The van der Waals surface area contributed by atoms with Crippen LogP contribution in [0.2, 0.25) is 5.02 Å². The highest BCUT2D eigenvalue weighted by atomic mass is 35.5. The Balaban J connectivity index is 1.65. The Bertz CT molecular complexity index is 857. The minimum absolute atomic E-state index is 0.0291. The number of nitrogens with one attached hydrogen (secondary N) is 1. The molecule has 0 saturated carbocycles. The average Bonchev–Trinajstić information content (AvgIpc) is 2.94. The van der Waals surface area contributed by atoms with Crippen molar-refractivity contribution < 1.29 is 19.0 Å². The number of likely N-dealkylation sites (N-methyl/N-ethyl adjacent to an activating group) is 1. The molecule has 1 amide bonds. The Hall–Kier alpha value is -2.44. The lowest BCUT2D eigenvalue weighted by atomic mass is 10.1. The summed E-state index contributed by atoms with van der Waals surface area (Å²) in [5, 5.41) is 3.49. The van der Waals surface area contributed by atoms with Crippen molar-refractivity contribution in [1.29, 1.82) is 0 Å². The number of fused-ring (bicyclic) bond motifs is 1. The van der Waals surface area contributed by atoms with Gasteiger partial charge in [0.25, 0.3) is 0 Å². The van der Waals surface area contributed by atoms with E-state index in [1.807, 2.05) is 44.4 Å². The maximum Gasteiger partial charge on any atom is 0.224 e. The van der Waals surface area contributed by atoms with E-state index in [9.17, 15) is 4.79 Å². The standard InChI is InChI=1S/C22H27ClN2O4/c1-25(2)19(16-6-4-7-17(13-16)27-3)14-24-21(26)12-15-10-18(23)22-20(11-15)28-8-5-9-29-22/h4,6-7,10-11,13,19H,5,8-9,12,14H2,1-3H3,(H,24,26)/t19-/m0/s1. The summed E-state index contributed by atoms with van der Waals surface area (Å²) in [6.07, 6.45) is 1.02. The molecule has 1 atom stereocenters. The smallest absolute Gasteiger partial charge is 0.224 e. The lowest BCUT2D eigenvalue weighted by Crippen LogP contribution is -2.35. The molecule has 0 aliphatic carbocycles. The molecule has 1 N–H and O–H groups in total. The first-order valence-electron chi connectivity index (χ1n) is 9.63. The van der Waals surface area contributed by atoms with Crippen molar-refractivity contribution in [3.05, 3.63) is 52.5 Å². The van der Waals surface area contributed by atoms with E-state index < -0.39 is 0 Å². The topological polar surface area (TPSA) is 60.0 Å². The van der Waals surface area contributed by atoms with E-state index in [2.05, 4.69) is 10.2 Å². The first-order valence-corrected chi connectivity index (χ1v) is 10.0. The van der Waals surface area contributed by atoms with Gasteiger partial charge in [-0.3, -0.25) is 4.79 Å². The summed E-state index contributed by atoms with van der Waals surface area (Å²) in [5.41, 5.74) is 1.87. The molecule has 0 fully saturated rings. The Labute approximate surface area is 176 Å². The van der Waals surface area contributed by atoms with Crippen LogP contribution in [-0.2, 0) is 11.2 Å². The molecule has 0 aromatic heterocycles. The Kier molecular flexibility index (Phi) is 7.23. The van der Waals surface area contributed by atoms with Crippen molar-refractivity contribution in [2.24, 2.45) is 0 Å². The van der Waals surface area contributed by atoms with Gasteiger partial charge in [-0.1, -0.05) is 23.7 Å². The molecular formula is C22H27ClN2O4.